The van der Waals surface area contributed by atoms with E-state index in [4.69, 9.17) is 4.74 Å². The van der Waals surface area contributed by atoms with E-state index in [0.717, 1.165) is 10.9 Å². The molecule has 3 heterocycles. The minimum Gasteiger partial charge on any atom is -0.377 e. The number of aromatic amines is 1. The van der Waals surface area contributed by atoms with Gasteiger partial charge in [0.25, 0.3) is 0 Å². The van der Waals surface area contributed by atoms with E-state index in [1.807, 2.05) is 13.0 Å². The van der Waals surface area contributed by atoms with Crippen LogP contribution in [0.15, 0.2) is 23.2 Å². The van der Waals surface area contributed by atoms with Crippen molar-refractivity contribution in [2.24, 2.45) is 0 Å². The Balaban J connectivity index is 1.64. The maximum absolute atomic E-state index is 13.0. The van der Waals surface area contributed by atoms with Crippen LogP contribution in [0.5, 0.6) is 0 Å². The molecule has 0 saturated carbocycles. The van der Waals surface area contributed by atoms with Gasteiger partial charge in [0.05, 0.1) is 31.0 Å². The van der Waals surface area contributed by atoms with Crippen LogP contribution in [0, 0.1) is 6.92 Å². The number of amides is 1. The summed E-state index contributed by atoms with van der Waals surface area (Å²) in [6.45, 7) is 3.14. The zero-order valence-electron chi connectivity index (χ0n) is 13.2. The van der Waals surface area contributed by atoms with Crippen LogP contribution in [0.1, 0.15) is 12.0 Å². The van der Waals surface area contributed by atoms with Gasteiger partial charge in [-0.2, -0.15) is 9.40 Å². The van der Waals surface area contributed by atoms with Gasteiger partial charge in [-0.05, 0) is 31.0 Å². The van der Waals surface area contributed by atoms with E-state index in [1.54, 1.807) is 12.3 Å². The molecule has 9 heteroatoms. The smallest absolute Gasteiger partial charge is 0.245 e. The second-order valence-corrected chi connectivity index (χ2v) is 8.12. The molecule has 24 heavy (non-hydrogen) atoms. The summed E-state index contributed by atoms with van der Waals surface area (Å²) in [5, 5.41) is 10.2. The predicted molar refractivity (Wildman–Crippen MR) is 85.9 cm³/mol. The fourth-order valence-electron chi connectivity index (χ4n) is 3.03. The predicted octanol–water partition coefficient (Wildman–Crippen LogP) is 0.149. The molecule has 1 atom stereocenters. The Kier molecular flexibility index (Phi) is 3.59. The molecule has 0 spiro atoms. The molecule has 2 N–H and O–H groups in total. The standard InChI is InChI=1S/C15H18N4O4S/c1-9-4-10-6-16-18-14(10)13(5-9)24(21,22)19-3-2-12(19)15(20)17-11-7-23-8-11/h4-6,11-12H,2-3,7-8H2,1H3,(H,16,18)(H,17,20)/t12-/m0/s1. The average molecular weight is 350 g/mol. The Morgan fingerprint density at radius 2 is 2.21 bits per heavy atom. The molecule has 0 radical (unpaired) electrons. The number of carbonyl (C=O) groups excluding carboxylic acids is 1. The quantitative estimate of drug-likeness (QED) is 0.817. The van der Waals surface area contributed by atoms with Crippen molar-refractivity contribution >= 4 is 26.8 Å². The summed E-state index contributed by atoms with van der Waals surface area (Å²) in [5.41, 5.74) is 1.30. The van der Waals surface area contributed by atoms with Crippen LogP contribution < -0.4 is 5.32 Å². The molecule has 2 aliphatic heterocycles. The second kappa shape index (κ2) is 5.54. The molecular weight excluding hydrogens is 332 g/mol. The molecule has 4 rings (SSSR count). The van der Waals surface area contributed by atoms with Crippen molar-refractivity contribution in [2.75, 3.05) is 19.8 Å². The molecule has 0 unspecified atom stereocenters. The van der Waals surface area contributed by atoms with Crippen molar-refractivity contribution in [3.8, 4) is 0 Å². The number of H-pyrrole nitrogens is 1. The van der Waals surface area contributed by atoms with Crippen LogP contribution in [0.4, 0.5) is 0 Å². The van der Waals surface area contributed by atoms with Gasteiger partial charge in [-0.3, -0.25) is 9.89 Å². The molecule has 0 bridgehead atoms. The van der Waals surface area contributed by atoms with Gasteiger partial charge in [-0.1, -0.05) is 0 Å². The van der Waals surface area contributed by atoms with Crippen LogP contribution in [0.3, 0.4) is 0 Å². The lowest BCUT2D eigenvalue weighted by molar-refractivity contribution is -0.131. The number of hydrogen-bond acceptors (Lipinski definition) is 5. The highest BCUT2D eigenvalue weighted by Crippen LogP contribution is 2.31. The fraction of sp³-hybridized carbons (Fsp3) is 0.467. The lowest BCUT2D eigenvalue weighted by Crippen LogP contribution is -2.61. The lowest BCUT2D eigenvalue weighted by Gasteiger charge is -2.40. The van der Waals surface area contributed by atoms with Crippen LogP contribution in [0.25, 0.3) is 10.9 Å². The Hall–Kier alpha value is -1.97. The first-order valence-corrected chi connectivity index (χ1v) is 9.24. The highest BCUT2D eigenvalue weighted by molar-refractivity contribution is 7.89. The maximum Gasteiger partial charge on any atom is 0.245 e. The van der Waals surface area contributed by atoms with E-state index in [9.17, 15) is 13.2 Å². The van der Waals surface area contributed by atoms with Gasteiger partial charge in [0, 0.05) is 11.9 Å². The summed E-state index contributed by atoms with van der Waals surface area (Å²) in [5.74, 6) is -0.258. The first-order chi connectivity index (χ1) is 11.5. The molecule has 2 aromatic rings. The second-order valence-electron chi connectivity index (χ2n) is 6.26. The average Bonchev–Trinajstić information content (AvgIpc) is 2.88. The summed E-state index contributed by atoms with van der Waals surface area (Å²) in [4.78, 5) is 12.5. The number of aromatic nitrogens is 2. The lowest BCUT2D eigenvalue weighted by atomic mass is 10.1. The summed E-state index contributed by atoms with van der Waals surface area (Å²) < 4.78 is 32.4. The molecule has 2 fully saturated rings. The minimum absolute atomic E-state index is 0.0130. The number of hydrogen-bond donors (Lipinski definition) is 2. The summed E-state index contributed by atoms with van der Waals surface area (Å²) in [6, 6.07) is 2.81. The zero-order chi connectivity index (χ0) is 16.9. The number of carbonyl (C=O) groups is 1. The first-order valence-electron chi connectivity index (χ1n) is 7.80. The topological polar surface area (TPSA) is 104 Å². The Bertz CT molecular complexity index is 903. The monoisotopic (exact) mass is 350 g/mol. The number of sulfonamides is 1. The molecular formula is C15H18N4O4S. The summed E-state index contributed by atoms with van der Waals surface area (Å²) >= 11 is 0. The first kappa shape index (κ1) is 15.6. The van der Waals surface area contributed by atoms with Gasteiger partial charge in [0.15, 0.2) is 0 Å². The van der Waals surface area contributed by atoms with E-state index in [-0.39, 0.29) is 16.8 Å². The Morgan fingerprint density at radius 1 is 1.42 bits per heavy atom. The van der Waals surface area contributed by atoms with Crippen molar-refractivity contribution < 1.29 is 17.9 Å². The summed E-state index contributed by atoms with van der Waals surface area (Å²) in [7, 11) is -3.77. The minimum atomic E-state index is -3.77. The van der Waals surface area contributed by atoms with E-state index in [0.29, 0.717) is 31.7 Å². The van der Waals surface area contributed by atoms with Crippen molar-refractivity contribution in [1.82, 2.24) is 19.8 Å². The molecule has 2 aliphatic rings. The normalized spacial score (nSPS) is 22.1. The molecule has 0 aliphatic carbocycles. The summed E-state index contributed by atoms with van der Waals surface area (Å²) in [6.07, 6.45) is 2.12. The number of benzene rings is 1. The SMILES string of the molecule is Cc1cc(S(=O)(=O)N2CC[C@H]2C(=O)NC2COC2)c2[nH]ncc2c1. The number of nitrogens with zero attached hydrogens (tertiary/aromatic N) is 2. The zero-order valence-corrected chi connectivity index (χ0v) is 14.0. The molecule has 2 saturated heterocycles. The molecule has 1 aromatic carbocycles. The number of fused-ring (bicyclic) bond motifs is 1. The number of aryl methyl sites for hydroxylation is 1. The van der Waals surface area contributed by atoms with Crippen molar-refractivity contribution in [1.29, 1.82) is 0 Å². The van der Waals surface area contributed by atoms with Crippen LogP contribution in [-0.4, -0.2) is 60.7 Å². The van der Waals surface area contributed by atoms with E-state index >= 15 is 0 Å². The molecule has 1 aromatic heterocycles. The van der Waals surface area contributed by atoms with Crippen LogP contribution >= 0.6 is 0 Å². The third kappa shape index (κ3) is 2.40. The Labute approximate surface area is 139 Å². The van der Waals surface area contributed by atoms with Gasteiger partial charge in [0.1, 0.15) is 10.9 Å². The number of rotatable bonds is 4. The number of ether oxygens (including phenoxy) is 1. The van der Waals surface area contributed by atoms with Crippen molar-refractivity contribution in [2.45, 2.75) is 30.3 Å². The van der Waals surface area contributed by atoms with Gasteiger partial charge < -0.3 is 10.1 Å². The van der Waals surface area contributed by atoms with Gasteiger partial charge in [-0.15, -0.1) is 0 Å². The van der Waals surface area contributed by atoms with Gasteiger partial charge in [0.2, 0.25) is 15.9 Å². The van der Waals surface area contributed by atoms with E-state index in [1.165, 1.54) is 4.31 Å². The highest BCUT2D eigenvalue weighted by Gasteiger charge is 2.44. The third-order valence-corrected chi connectivity index (χ3v) is 6.43. The highest BCUT2D eigenvalue weighted by atomic mass is 32.2. The van der Waals surface area contributed by atoms with Crippen molar-refractivity contribution in [3.63, 3.8) is 0 Å². The molecule has 8 nitrogen and oxygen atoms in total. The van der Waals surface area contributed by atoms with Crippen LogP contribution in [0.2, 0.25) is 0 Å². The molecule has 128 valence electrons. The largest absolute Gasteiger partial charge is 0.377 e. The van der Waals surface area contributed by atoms with Crippen molar-refractivity contribution in [3.05, 3.63) is 23.9 Å². The van der Waals surface area contributed by atoms with E-state index < -0.39 is 16.1 Å². The fourth-order valence-corrected chi connectivity index (χ4v) is 4.92. The maximum atomic E-state index is 13.0. The van der Waals surface area contributed by atoms with Crippen LogP contribution in [-0.2, 0) is 19.6 Å². The van der Waals surface area contributed by atoms with Gasteiger partial charge in [-0.25, -0.2) is 8.42 Å². The Morgan fingerprint density at radius 3 is 2.83 bits per heavy atom. The molecule has 1 amide bonds. The van der Waals surface area contributed by atoms with E-state index in [2.05, 4.69) is 15.5 Å². The van der Waals surface area contributed by atoms with Gasteiger partial charge >= 0.3 is 0 Å². The number of nitrogens with one attached hydrogen (secondary N) is 2. The third-order valence-electron chi connectivity index (χ3n) is 4.50.